The van der Waals surface area contributed by atoms with Crippen molar-refractivity contribution in [2.45, 2.75) is 6.61 Å². The molecule has 0 fully saturated rings. The summed E-state index contributed by atoms with van der Waals surface area (Å²) in [5.74, 6) is 1.20. The molecule has 1 heterocycles. The van der Waals surface area contributed by atoms with E-state index in [1.807, 2.05) is 5.38 Å². The molecule has 0 N–H and O–H groups in total. The zero-order chi connectivity index (χ0) is 11.2. The molecule has 0 saturated heterocycles. The molecule has 1 aromatic carbocycles. The fourth-order valence-corrected chi connectivity index (χ4v) is 1.69. The van der Waals surface area contributed by atoms with E-state index < -0.39 is 6.86 Å². The van der Waals surface area contributed by atoms with Crippen LogP contribution in [0, 0.1) is 0 Å². The Balaban J connectivity index is 1.90. The molecule has 84 valence electrons. The van der Waals surface area contributed by atoms with E-state index in [2.05, 4.69) is 9.72 Å². The fraction of sp³-hybridized carbons (Fsp3) is 0.182. The van der Waals surface area contributed by atoms with Gasteiger partial charge in [0.25, 0.3) is 0 Å². The van der Waals surface area contributed by atoms with Crippen molar-refractivity contribution in [2.24, 2.45) is 0 Å². The number of nitrogens with zero attached hydrogens (tertiary/aromatic N) is 1. The van der Waals surface area contributed by atoms with Gasteiger partial charge in [0.2, 0.25) is 6.86 Å². The standard InChI is InChI=1S/C11H10FNO2S/c12-8-15-10-3-1-9(2-4-10)14-7-11-13-5-6-16-11/h1-6H,7-8H2. The molecular weight excluding hydrogens is 229 g/mol. The van der Waals surface area contributed by atoms with E-state index in [1.54, 1.807) is 41.8 Å². The maximum Gasteiger partial charge on any atom is 0.228 e. The minimum absolute atomic E-state index is 0.445. The van der Waals surface area contributed by atoms with Gasteiger partial charge in [0.05, 0.1) is 0 Å². The van der Waals surface area contributed by atoms with Gasteiger partial charge in [-0.1, -0.05) is 0 Å². The Morgan fingerprint density at radius 2 is 1.81 bits per heavy atom. The number of hydrogen-bond acceptors (Lipinski definition) is 4. The van der Waals surface area contributed by atoms with Crippen LogP contribution in [0.4, 0.5) is 4.39 Å². The summed E-state index contributed by atoms with van der Waals surface area (Å²) >= 11 is 1.54. The maximum absolute atomic E-state index is 11.9. The van der Waals surface area contributed by atoms with Crippen LogP contribution in [-0.4, -0.2) is 11.8 Å². The Kier molecular flexibility index (Phi) is 3.71. The summed E-state index contributed by atoms with van der Waals surface area (Å²) in [4.78, 5) is 4.10. The summed E-state index contributed by atoms with van der Waals surface area (Å²) < 4.78 is 22.0. The predicted octanol–water partition coefficient (Wildman–Crippen LogP) is 3.03. The molecular formula is C11H10FNO2S. The lowest BCUT2D eigenvalue weighted by Crippen LogP contribution is -1.95. The first-order valence-electron chi connectivity index (χ1n) is 4.68. The van der Waals surface area contributed by atoms with Gasteiger partial charge in [0.1, 0.15) is 23.1 Å². The van der Waals surface area contributed by atoms with Gasteiger partial charge in [-0.05, 0) is 24.3 Å². The SMILES string of the molecule is FCOc1ccc(OCc2nccs2)cc1. The average Bonchev–Trinajstić information content (AvgIpc) is 2.82. The Labute approximate surface area is 96.5 Å². The molecule has 5 heteroatoms. The minimum Gasteiger partial charge on any atom is -0.486 e. The number of ether oxygens (including phenoxy) is 2. The zero-order valence-corrected chi connectivity index (χ0v) is 9.24. The summed E-state index contributed by atoms with van der Waals surface area (Å²) in [5, 5.41) is 2.82. The number of aromatic nitrogens is 1. The molecule has 0 unspecified atom stereocenters. The molecule has 16 heavy (non-hydrogen) atoms. The van der Waals surface area contributed by atoms with E-state index >= 15 is 0 Å². The van der Waals surface area contributed by atoms with E-state index in [0.29, 0.717) is 18.1 Å². The predicted molar refractivity (Wildman–Crippen MR) is 59.5 cm³/mol. The van der Waals surface area contributed by atoms with Crippen LogP contribution in [0.5, 0.6) is 11.5 Å². The van der Waals surface area contributed by atoms with Crippen LogP contribution in [0.3, 0.4) is 0 Å². The highest BCUT2D eigenvalue weighted by molar-refractivity contribution is 7.09. The number of thiazole rings is 1. The van der Waals surface area contributed by atoms with Gasteiger partial charge in [-0.3, -0.25) is 0 Å². The first-order chi connectivity index (χ1) is 7.88. The van der Waals surface area contributed by atoms with Crippen molar-refractivity contribution in [1.82, 2.24) is 4.98 Å². The molecule has 0 aliphatic rings. The summed E-state index contributed by atoms with van der Waals surface area (Å²) in [5.41, 5.74) is 0. The van der Waals surface area contributed by atoms with E-state index in [-0.39, 0.29) is 0 Å². The second-order valence-electron chi connectivity index (χ2n) is 2.94. The lowest BCUT2D eigenvalue weighted by molar-refractivity contribution is 0.191. The lowest BCUT2D eigenvalue weighted by Gasteiger charge is -2.05. The van der Waals surface area contributed by atoms with Gasteiger partial charge in [-0.2, -0.15) is 0 Å². The second-order valence-corrected chi connectivity index (χ2v) is 3.92. The molecule has 3 nitrogen and oxygen atoms in total. The van der Waals surface area contributed by atoms with Crippen molar-refractivity contribution >= 4 is 11.3 Å². The van der Waals surface area contributed by atoms with Crippen molar-refractivity contribution in [3.05, 3.63) is 40.8 Å². The van der Waals surface area contributed by atoms with Crippen molar-refractivity contribution < 1.29 is 13.9 Å². The quantitative estimate of drug-likeness (QED) is 0.803. The van der Waals surface area contributed by atoms with Crippen molar-refractivity contribution in [3.8, 4) is 11.5 Å². The monoisotopic (exact) mass is 239 g/mol. The molecule has 0 amide bonds. The van der Waals surface area contributed by atoms with Crippen molar-refractivity contribution in [2.75, 3.05) is 6.86 Å². The fourth-order valence-electron chi connectivity index (χ4n) is 1.16. The van der Waals surface area contributed by atoms with Crippen molar-refractivity contribution in [1.29, 1.82) is 0 Å². The van der Waals surface area contributed by atoms with Gasteiger partial charge in [0, 0.05) is 11.6 Å². The van der Waals surface area contributed by atoms with Crippen LogP contribution in [0.1, 0.15) is 5.01 Å². The van der Waals surface area contributed by atoms with Crippen molar-refractivity contribution in [3.63, 3.8) is 0 Å². The number of rotatable bonds is 5. The summed E-state index contributed by atoms with van der Waals surface area (Å²) in [6.07, 6.45) is 1.74. The first kappa shape index (κ1) is 10.9. The van der Waals surface area contributed by atoms with E-state index in [9.17, 15) is 4.39 Å². The lowest BCUT2D eigenvalue weighted by atomic mass is 10.3. The zero-order valence-electron chi connectivity index (χ0n) is 8.43. The molecule has 0 aliphatic carbocycles. The van der Waals surface area contributed by atoms with Crippen LogP contribution in [-0.2, 0) is 6.61 Å². The molecule has 0 saturated carbocycles. The summed E-state index contributed by atoms with van der Waals surface area (Å²) in [7, 11) is 0. The third kappa shape index (κ3) is 2.93. The van der Waals surface area contributed by atoms with Crippen LogP contribution in [0.15, 0.2) is 35.8 Å². The summed E-state index contributed by atoms with van der Waals surface area (Å²) in [6.45, 7) is -0.375. The topological polar surface area (TPSA) is 31.4 Å². The molecule has 0 spiro atoms. The van der Waals surface area contributed by atoms with Gasteiger partial charge in [-0.25, -0.2) is 9.37 Å². The largest absolute Gasteiger partial charge is 0.486 e. The molecule has 1 aromatic heterocycles. The van der Waals surface area contributed by atoms with Crippen LogP contribution >= 0.6 is 11.3 Å². The minimum atomic E-state index is -0.820. The van der Waals surface area contributed by atoms with E-state index in [0.717, 1.165) is 5.01 Å². The number of alkyl halides is 1. The van der Waals surface area contributed by atoms with Gasteiger partial charge >= 0.3 is 0 Å². The Morgan fingerprint density at radius 3 is 2.38 bits per heavy atom. The maximum atomic E-state index is 11.9. The molecule has 0 bridgehead atoms. The summed E-state index contributed by atoms with van der Waals surface area (Å²) in [6, 6.07) is 6.80. The molecule has 0 radical (unpaired) electrons. The number of halogens is 1. The molecule has 2 aromatic rings. The first-order valence-corrected chi connectivity index (χ1v) is 5.56. The highest BCUT2D eigenvalue weighted by Crippen LogP contribution is 2.19. The third-order valence-corrected chi connectivity index (χ3v) is 2.64. The normalized spacial score (nSPS) is 10.1. The van der Waals surface area contributed by atoms with Crippen LogP contribution < -0.4 is 9.47 Å². The number of benzene rings is 1. The van der Waals surface area contributed by atoms with Gasteiger partial charge in [0.15, 0.2) is 0 Å². The van der Waals surface area contributed by atoms with E-state index in [1.165, 1.54) is 0 Å². The molecule has 0 aliphatic heterocycles. The smallest absolute Gasteiger partial charge is 0.228 e. The van der Waals surface area contributed by atoms with E-state index in [4.69, 9.17) is 4.74 Å². The van der Waals surface area contributed by atoms with Gasteiger partial charge < -0.3 is 9.47 Å². The average molecular weight is 239 g/mol. The Morgan fingerprint density at radius 1 is 1.12 bits per heavy atom. The number of hydrogen-bond donors (Lipinski definition) is 0. The molecule has 2 rings (SSSR count). The molecule has 0 atom stereocenters. The highest BCUT2D eigenvalue weighted by Gasteiger charge is 1.98. The highest BCUT2D eigenvalue weighted by atomic mass is 32.1. The third-order valence-electron chi connectivity index (χ3n) is 1.89. The Bertz CT molecular complexity index is 416. The second kappa shape index (κ2) is 5.46. The van der Waals surface area contributed by atoms with Crippen LogP contribution in [0.25, 0.3) is 0 Å². The van der Waals surface area contributed by atoms with Crippen LogP contribution in [0.2, 0.25) is 0 Å². The Hall–Kier alpha value is -1.62. The van der Waals surface area contributed by atoms with Gasteiger partial charge in [-0.15, -0.1) is 11.3 Å².